The van der Waals surface area contributed by atoms with Crippen LogP contribution in [-0.4, -0.2) is 0 Å². The Morgan fingerprint density at radius 3 is 2.25 bits per heavy atom. The minimum atomic E-state index is 0. The Morgan fingerprint density at radius 1 is 1.50 bits per heavy atom. The molecule has 1 nitrogen and oxygen atoms in total. The number of hydrogen-bond donors (Lipinski definition) is 0. The summed E-state index contributed by atoms with van der Waals surface area (Å²) in [5.41, 5.74) is 1.10. The second kappa shape index (κ2) is 3.00. The first-order valence-corrected chi connectivity index (χ1v) is 2.23. The summed E-state index contributed by atoms with van der Waals surface area (Å²) < 4.78 is 4.91. The SMILES string of the molecule is Cc1[c-]coc1C.[V]. The zero-order chi connectivity index (χ0) is 5.28. The van der Waals surface area contributed by atoms with Gasteiger partial charge >= 0.3 is 0 Å². The molecular weight excluding hydrogens is 139 g/mol. The monoisotopic (exact) mass is 146 g/mol. The maximum atomic E-state index is 4.91. The number of hydrogen-bond acceptors (Lipinski definition) is 1. The molecule has 8 heavy (non-hydrogen) atoms. The number of aryl methyl sites for hydroxylation is 2. The standard InChI is InChI=1S/C6H7O.V/c1-5-3-4-7-6(5)2;/h4H,1-2H3;/q-1;. The van der Waals surface area contributed by atoms with Crippen molar-refractivity contribution < 1.29 is 23.0 Å². The molecule has 0 fully saturated rings. The quantitative estimate of drug-likeness (QED) is 0.507. The molecule has 0 saturated heterocycles. The van der Waals surface area contributed by atoms with Crippen LogP contribution in [0.4, 0.5) is 0 Å². The Morgan fingerprint density at radius 2 is 2.12 bits per heavy atom. The van der Waals surface area contributed by atoms with Crippen molar-refractivity contribution in [3.63, 3.8) is 0 Å². The van der Waals surface area contributed by atoms with Crippen LogP contribution in [0.1, 0.15) is 11.3 Å². The molecule has 1 aromatic rings. The zero-order valence-corrected chi connectivity index (χ0v) is 6.33. The Balaban J connectivity index is 0.000000490. The summed E-state index contributed by atoms with van der Waals surface area (Å²) in [5, 5.41) is 0. The fourth-order valence-electron chi connectivity index (χ4n) is 0.396. The van der Waals surface area contributed by atoms with Crippen LogP contribution >= 0.6 is 0 Å². The first kappa shape index (κ1) is 7.86. The molecule has 0 N–H and O–H groups in total. The first-order chi connectivity index (χ1) is 3.30. The van der Waals surface area contributed by atoms with Crippen LogP contribution in [0.3, 0.4) is 0 Å². The molecule has 0 unspecified atom stereocenters. The maximum Gasteiger partial charge on any atom is 0 e. The summed E-state index contributed by atoms with van der Waals surface area (Å²) in [6.07, 6.45) is 1.57. The van der Waals surface area contributed by atoms with Gasteiger partial charge in [-0.2, -0.15) is 5.56 Å². The average molecular weight is 146 g/mol. The van der Waals surface area contributed by atoms with E-state index >= 15 is 0 Å². The Bertz CT molecular complexity index is 141. The fourth-order valence-corrected chi connectivity index (χ4v) is 0.396. The molecule has 1 rings (SSSR count). The van der Waals surface area contributed by atoms with Gasteiger partial charge < -0.3 is 4.42 Å². The largest absolute Gasteiger partial charge is 0.573 e. The van der Waals surface area contributed by atoms with E-state index in [-0.39, 0.29) is 18.6 Å². The van der Waals surface area contributed by atoms with Crippen LogP contribution in [0.15, 0.2) is 10.7 Å². The number of furan rings is 1. The van der Waals surface area contributed by atoms with Gasteiger partial charge in [-0.05, 0) is 6.26 Å². The third-order valence-electron chi connectivity index (χ3n) is 1.04. The Hall–Kier alpha value is -0.136. The molecule has 0 aliphatic rings. The summed E-state index contributed by atoms with van der Waals surface area (Å²) >= 11 is 0. The van der Waals surface area contributed by atoms with E-state index < -0.39 is 0 Å². The van der Waals surface area contributed by atoms with Gasteiger partial charge in [0, 0.05) is 18.6 Å². The molecule has 1 aromatic heterocycles. The molecule has 0 atom stereocenters. The number of rotatable bonds is 0. The normalized spacial score (nSPS) is 8.25. The Kier molecular flexibility index (Phi) is 2.95. The molecule has 0 aliphatic carbocycles. The van der Waals surface area contributed by atoms with Crippen LogP contribution < -0.4 is 0 Å². The van der Waals surface area contributed by atoms with Crippen molar-refractivity contribution in [3.8, 4) is 0 Å². The van der Waals surface area contributed by atoms with E-state index in [0.29, 0.717) is 0 Å². The zero-order valence-electron chi connectivity index (χ0n) is 4.93. The van der Waals surface area contributed by atoms with Crippen molar-refractivity contribution in [2.24, 2.45) is 0 Å². The van der Waals surface area contributed by atoms with Crippen LogP contribution in [0, 0.1) is 19.9 Å². The molecule has 1 radical (unpaired) electrons. The van der Waals surface area contributed by atoms with E-state index in [0.717, 1.165) is 11.3 Å². The van der Waals surface area contributed by atoms with E-state index in [2.05, 4.69) is 6.07 Å². The summed E-state index contributed by atoms with van der Waals surface area (Å²) in [7, 11) is 0. The molecule has 2 heteroatoms. The van der Waals surface area contributed by atoms with Gasteiger partial charge in [-0.1, -0.05) is 19.6 Å². The van der Waals surface area contributed by atoms with Gasteiger partial charge in [0.05, 0.1) is 0 Å². The van der Waals surface area contributed by atoms with Crippen molar-refractivity contribution in [1.82, 2.24) is 0 Å². The molecular formula is C6H7OV-. The summed E-state index contributed by atoms with van der Waals surface area (Å²) in [6, 6.07) is 2.90. The molecule has 0 aliphatic heterocycles. The summed E-state index contributed by atoms with van der Waals surface area (Å²) in [5.74, 6) is 0.958. The van der Waals surface area contributed by atoms with Crippen molar-refractivity contribution in [3.05, 3.63) is 23.7 Å². The van der Waals surface area contributed by atoms with Gasteiger partial charge in [-0.3, -0.25) is 0 Å². The average Bonchev–Trinajstić information content (AvgIpc) is 1.91. The van der Waals surface area contributed by atoms with E-state index in [9.17, 15) is 0 Å². The van der Waals surface area contributed by atoms with Crippen molar-refractivity contribution in [2.75, 3.05) is 0 Å². The maximum absolute atomic E-state index is 4.91. The van der Waals surface area contributed by atoms with Crippen molar-refractivity contribution in [1.29, 1.82) is 0 Å². The molecule has 0 saturated carbocycles. The fraction of sp³-hybridized carbons (Fsp3) is 0.333. The molecule has 0 amide bonds. The molecule has 0 aromatic carbocycles. The van der Waals surface area contributed by atoms with Crippen molar-refractivity contribution in [2.45, 2.75) is 13.8 Å². The summed E-state index contributed by atoms with van der Waals surface area (Å²) in [4.78, 5) is 0. The van der Waals surface area contributed by atoms with E-state index in [1.807, 2.05) is 13.8 Å². The molecule has 0 bridgehead atoms. The smallest absolute Gasteiger partial charge is 0 e. The third kappa shape index (κ3) is 1.43. The van der Waals surface area contributed by atoms with Crippen molar-refractivity contribution >= 4 is 0 Å². The topological polar surface area (TPSA) is 13.1 Å². The predicted octanol–water partition coefficient (Wildman–Crippen LogP) is 1.69. The summed E-state index contributed by atoms with van der Waals surface area (Å²) in [6.45, 7) is 3.89. The first-order valence-electron chi connectivity index (χ1n) is 2.23. The van der Waals surface area contributed by atoms with Gasteiger partial charge in [0.2, 0.25) is 0 Å². The minimum absolute atomic E-state index is 0. The predicted molar refractivity (Wildman–Crippen MR) is 27.0 cm³/mol. The van der Waals surface area contributed by atoms with Gasteiger partial charge in [-0.15, -0.1) is 0 Å². The van der Waals surface area contributed by atoms with Gasteiger partial charge in [0.25, 0.3) is 0 Å². The van der Waals surface area contributed by atoms with Crippen LogP contribution in [0.25, 0.3) is 0 Å². The van der Waals surface area contributed by atoms with Crippen LogP contribution in [-0.2, 0) is 18.6 Å². The minimum Gasteiger partial charge on any atom is -0.573 e. The molecule has 1 heterocycles. The molecule has 43 valence electrons. The van der Waals surface area contributed by atoms with E-state index in [1.165, 1.54) is 0 Å². The van der Waals surface area contributed by atoms with Gasteiger partial charge in [0.15, 0.2) is 0 Å². The third-order valence-corrected chi connectivity index (χ3v) is 1.04. The van der Waals surface area contributed by atoms with Gasteiger partial charge in [-0.25, -0.2) is 6.07 Å². The Labute approximate surface area is 61.0 Å². The van der Waals surface area contributed by atoms with E-state index in [1.54, 1.807) is 6.26 Å². The van der Waals surface area contributed by atoms with Crippen LogP contribution in [0.2, 0.25) is 0 Å². The van der Waals surface area contributed by atoms with E-state index in [4.69, 9.17) is 4.42 Å². The second-order valence-corrected chi connectivity index (χ2v) is 1.56. The molecule has 0 spiro atoms. The van der Waals surface area contributed by atoms with Gasteiger partial charge in [0.1, 0.15) is 0 Å². The van der Waals surface area contributed by atoms with Crippen LogP contribution in [0.5, 0.6) is 0 Å². The second-order valence-electron chi connectivity index (χ2n) is 1.56.